The fourth-order valence-electron chi connectivity index (χ4n) is 2.83. The van der Waals surface area contributed by atoms with Gasteiger partial charge in [0.1, 0.15) is 0 Å². The van der Waals surface area contributed by atoms with Crippen molar-refractivity contribution in [3.63, 3.8) is 0 Å². The van der Waals surface area contributed by atoms with Gasteiger partial charge in [0.05, 0.1) is 12.5 Å². The molecule has 6 nitrogen and oxygen atoms in total. The molecule has 1 rings (SSSR count). The number of carboxylic acid groups (broad SMARTS) is 1. The second kappa shape index (κ2) is 10.6. The van der Waals surface area contributed by atoms with Crippen LogP contribution in [0, 0.1) is 11.8 Å². The zero-order chi connectivity index (χ0) is 16.4. The first-order valence-electron chi connectivity index (χ1n) is 8.33. The number of rotatable bonds is 11. The molecule has 1 aliphatic heterocycles. The summed E-state index contributed by atoms with van der Waals surface area (Å²) in [6, 6.07) is 0. The van der Waals surface area contributed by atoms with E-state index in [1.54, 1.807) is 0 Å². The number of aliphatic carboxylic acids is 1. The van der Waals surface area contributed by atoms with Crippen LogP contribution in [0.3, 0.4) is 0 Å². The maximum atomic E-state index is 11.5. The normalized spacial score (nSPS) is 21.1. The number of carbonyl (C=O) groups is 2. The smallest absolute Gasteiger partial charge is 0.308 e. The topological polar surface area (TPSA) is 76.1 Å². The summed E-state index contributed by atoms with van der Waals surface area (Å²) in [6.07, 6.45) is 6.39. The first kappa shape index (κ1) is 18.9. The van der Waals surface area contributed by atoms with Crippen LogP contribution in [0.15, 0.2) is 0 Å². The minimum atomic E-state index is -0.880. The summed E-state index contributed by atoms with van der Waals surface area (Å²) < 4.78 is 5.42. The van der Waals surface area contributed by atoms with E-state index < -0.39 is 18.2 Å². The van der Waals surface area contributed by atoms with Crippen molar-refractivity contribution in [2.24, 2.45) is 11.8 Å². The van der Waals surface area contributed by atoms with Crippen molar-refractivity contribution in [2.75, 3.05) is 13.2 Å². The number of carbonyl (C=O) groups excluding carboxylic acids is 1. The lowest BCUT2D eigenvalue weighted by atomic mass is 9.89. The third-order valence-corrected chi connectivity index (χ3v) is 4.15. The molecule has 0 spiro atoms. The number of amides is 1. The SMILES string of the molecule is CCCC(CC)C[C@H](CN(C=O)OC1CCCCO1)C(=O)O. The van der Waals surface area contributed by atoms with E-state index in [9.17, 15) is 14.7 Å². The summed E-state index contributed by atoms with van der Waals surface area (Å²) in [4.78, 5) is 28.1. The molecule has 0 saturated carbocycles. The number of hydroxylamine groups is 2. The fourth-order valence-corrected chi connectivity index (χ4v) is 2.83. The molecule has 0 bridgehead atoms. The van der Waals surface area contributed by atoms with E-state index in [4.69, 9.17) is 9.57 Å². The molecule has 22 heavy (non-hydrogen) atoms. The third kappa shape index (κ3) is 6.75. The Morgan fingerprint density at radius 1 is 1.45 bits per heavy atom. The molecule has 1 heterocycles. The molecule has 0 aromatic carbocycles. The van der Waals surface area contributed by atoms with Gasteiger partial charge in [0.2, 0.25) is 6.41 Å². The maximum Gasteiger partial charge on any atom is 0.308 e. The first-order valence-corrected chi connectivity index (χ1v) is 8.33. The summed E-state index contributed by atoms with van der Waals surface area (Å²) in [5, 5.41) is 10.5. The van der Waals surface area contributed by atoms with Crippen LogP contribution in [0.1, 0.15) is 58.8 Å². The molecular weight excluding hydrogens is 286 g/mol. The van der Waals surface area contributed by atoms with Crippen molar-refractivity contribution in [2.45, 2.75) is 65.1 Å². The van der Waals surface area contributed by atoms with Gasteiger partial charge in [0.15, 0.2) is 6.29 Å². The van der Waals surface area contributed by atoms with Gasteiger partial charge in [-0.2, -0.15) is 0 Å². The third-order valence-electron chi connectivity index (χ3n) is 4.15. The van der Waals surface area contributed by atoms with Gasteiger partial charge < -0.3 is 9.84 Å². The molecule has 3 atom stereocenters. The Labute approximate surface area is 132 Å². The molecule has 0 aliphatic carbocycles. The molecule has 1 saturated heterocycles. The van der Waals surface area contributed by atoms with Gasteiger partial charge in [0.25, 0.3) is 0 Å². The predicted octanol–water partition coefficient (Wildman–Crippen LogP) is 2.82. The van der Waals surface area contributed by atoms with Crippen LogP contribution in [0.2, 0.25) is 0 Å². The second-order valence-corrected chi connectivity index (χ2v) is 5.94. The molecular formula is C16H29NO5. The number of hydrogen-bond donors (Lipinski definition) is 1. The van der Waals surface area contributed by atoms with E-state index in [1.807, 2.05) is 0 Å². The van der Waals surface area contributed by atoms with Gasteiger partial charge >= 0.3 is 5.97 Å². The molecule has 0 radical (unpaired) electrons. The summed E-state index contributed by atoms with van der Waals surface area (Å²) in [6.45, 7) is 4.86. The lowest BCUT2D eigenvalue weighted by molar-refractivity contribution is -0.276. The van der Waals surface area contributed by atoms with Crippen LogP contribution in [0.25, 0.3) is 0 Å². The minimum Gasteiger partial charge on any atom is -0.481 e. The van der Waals surface area contributed by atoms with Gasteiger partial charge in [-0.3, -0.25) is 9.59 Å². The van der Waals surface area contributed by atoms with E-state index >= 15 is 0 Å². The van der Waals surface area contributed by atoms with Crippen molar-refractivity contribution in [3.8, 4) is 0 Å². The van der Waals surface area contributed by atoms with E-state index in [1.165, 1.54) is 0 Å². The number of hydrogen-bond acceptors (Lipinski definition) is 4. The Hall–Kier alpha value is -1.14. The zero-order valence-electron chi connectivity index (χ0n) is 13.7. The Balaban J connectivity index is 2.54. The Kier molecular flexibility index (Phi) is 9.08. The average molecular weight is 315 g/mol. The highest BCUT2D eigenvalue weighted by Gasteiger charge is 2.26. The highest BCUT2D eigenvalue weighted by molar-refractivity contribution is 5.70. The van der Waals surface area contributed by atoms with Gasteiger partial charge in [0, 0.05) is 13.0 Å². The zero-order valence-corrected chi connectivity index (χ0v) is 13.7. The molecule has 1 aliphatic rings. The summed E-state index contributed by atoms with van der Waals surface area (Å²) in [5.74, 6) is -1.12. The molecule has 0 aromatic heterocycles. The average Bonchev–Trinajstić information content (AvgIpc) is 2.53. The van der Waals surface area contributed by atoms with Gasteiger partial charge in [-0.25, -0.2) is 9.90 Å². The van der Waals surface area contributed by atoms with E-state index in [0.29, 0.717) is 25.4 Å². The maximum absolute atomic E-state index is 11.5. The standard InChI is InChI=1S/C16H29NO5/c1-3-7-13(4-2)10-14(16(19)20)11-17(12-18)22-15-8-5-6-9-21-15/h12-15H,3-11H2,1-2H3,(H,19,20)/t13?,14-,15?/m1/s1. The van der Waals surface area contributed by atoms with Gasteiger partial charge in [-0.05, 0) is 25.2 Å². The largest absolute Gasteiger partial charge is 0.481 e. The lowest BCUT2D eigenvalue weighted by Gasteiger charge is -2.29. The predicted molar refractivity (Wildman–Crippen MR) is 81.9 cm³/mol. The molecule has 0 aromatic rings. The number of carboxylic acids is 1. The van der Waals surface area contributed by atoms with Crippen molar-refractivity contribution in [3.05, 3.63) is 0 Å². The van der Waals surface area contributed by atoms with Crippen LogP contribution in [-0.2, 0) is 19.2 Å². The quantitative estimate of drug-likeness (QED) is 0.469. The first-order chi connectivity index (χ1) is 10.6. The summed E-state index contributed by atoms with van der Waals surface area (Å²) >= 11 is 0. The molecule has 1 amide bonds. The van der Waals surface area contributed by atoms with Crippen molar-refractivity contribution in [1.29, 1.82) is 0 Å². The van der Waals surface area contributed by atoms with Crippen LogP contribution >= 0.6 is 0 Å². The van der Waals surface area contributed by atoms with Crippen LogP contribution in [-0.4, -0.2) is 42.0 Å². The van der Waals surface area contributed by atoms with E-state index in [0.717, 1.165) is 43.6 Å². The Morgan fingerprint density at radius 3 is 2.73 bits per heavy atom. The highest BCUT2D eigenvalue weighted by atomic mass is 16.8. The van der Waals surface area contributed by atoms with Gasteiger partial charge in [-0.15, -0.1) is 0 Å². The van der Waals surface area contributed by atoms with Gasteiger partial charge in [-0.1, -0.05) is 33.1 Å². The molecule has 2 unspecified atom stereocenters. The van der Waals surface area contributed by atoms with Crippen LogP contribution < -0.4 is 0 Å². The number of ether oxygens (including phenoxy) is 1. The van der Waals surface area contributed by atoms with Crippen molar-refractivity contribution < 1.29 is 24.3 Å². The summed E-state index contributed by atoms with van der Waals surface area (Å²) in [5.41, 5.74) is 0. The second-order valence-electron chi connectivity index (χ2n) is 5.94. The molecule has 128 valence electrons. The van der Waals surface area contributed by atoms with Crippen molar-refractivity contribution in [1.82, 2.24) is 5.06 Å². The Bertz CT molecular complexity index is 330. The fraction of sp³-hybridized carbons (Fsp3) is 0.875. The lowest BCUT2D eigenvalue weighted by Crippen LogP contribution is -2.38. The molecule has 6 heteroatoms. The summed E-state index contributed by atoms with van der Waals surface area (Å²) in [7, 11) is 0. The van der Waals surface area contributed by atoms with Crippen LogP contribution in [0.5, 0.6) is 0 Å². The monoisotopic (exact) mass is 315 g/mol. The minimum absolute atomic E-state index is 0.0684. The van der Waals surface area contributed by atoms with Crippen molar-refractivity contribution >= 4 is 12.4 Å². The molecule has 1 fully saturated rings. The van der Waals surface area contributed by atoms with E-state index in [-0.39, 0.29) is 6.54 Å². The highest BCUT2D eigenvalue weighted by Crippen LogP contribution is 2.22. The van der Waals surface area contributed by atoms with Crippen LogP contribution in [0.4, 0.5) is 0 Å². The molecule has 1 N–H and O–H groups in total. The number of nitrogens with zero attached hydrogens (tertiary/aromatic N) is 1. The Morgan fingerprint density at radius 2 is 2.23 bits per heavy atom. The van der Waals surface area contributed by atoms with E-state index in [2.05, 4.69) is 13.8 Å².